The maximum absolute atomic E-state index is 12.1. The maximum atomic E-state index is 12.1. The summed E-state index contributed by atoms with van der Waals surface area (Å²) >= 11 is 0. The van der Waals surface area contributed by atoms with Crippen LogP contribution in [-0.2, 0) is 14.3 Å². The fourth-order valence-corrected chi connectivity index (χ4v) is 7.31. The topological polar surface area (TPSA) is 67.2 Å². The van der Waals surface area contributed by atoms with Crippen molar-refractivity contribution in [3.05, 3.63) is 11.6 Å². The minimum absolute atomic E-state index is 0.0428. The molecule has 3 aliphatic carbocycles. The summed E-state index contributed by atoms with van der Waals surface area (Å²) in [5.41, 5.74) is 0.852. The highest BCUT2D eigenvalue weighted by Gasteiger charge is 2.64. The van der Waals surface area contributed by atoms with Gasteiger partial charge in [-0.2, -0.15) is 5.26 Å². The number of ether oxygens (including phenoxy) is 1. The lowest BCUT2D eigenvalue weighted by Gasteiger charge is -2.51. The van der Waals surface area contributed by atoms with E-state index in [-0.39, 0.29) is 34.1 Å². The van der Waals surface area contributed by atoms with E-state index in [0.29, 0.717) is 24.7 Å². The third kappa shape index (κ3) is 2.77. The number of rotatable bonds is 3. The van der Waals surface area contributed by atoms with Crippen LogP contribution in [0, 0.1) is 39.9 Å². The number of hydrogen-bond donors (Lipinski definition) is 0. The molecule has 0 bridgehead atoms. The van der Waals surface area contributed by atoms with E-state index in [1.165, 1.54) is 5.57 Å². The summed E-state index contributed by atoms with van der Waals surface area (Å²) in [7, 11) is 0. The van der Waals surface area contributed by atoms with Crippen LogP contribution in [-0.4, -0.2) is 17.4 Å². The number of fused-ring (bicyclic) bond motifs is 1. The van der Waals surface area contributed by atoms with Crippen LogP contribution in [0.1, 0.15) is 85.0 Å². The van der Waals surface area contributed by atoms with E-state index in [1.807, 2.05) is 6.08 Å². The lowest BCUT2D eigenvalue weighted by Crippen LogP contribution is -2.49. The molecule has 0 aromatic carbocycles. The molecule has 0 amide bonds. The van der Waals surface area contributed by atoms with Crippen LogP contribution >= 0.6 is 0 Å². The number of carbonyl (C=O) groups excluding carboxylic acids is 2. The van der Waals surface area contributed by atoms with E-state index in [9.17, 15) is 14.9 Å². The Balaban J connectivity index is 1.69. The number of esters is 1. The average molecular weight is 384 g/mol. The summed E-state index contributed by atoms with van der Waals surface area (Å²) in [6.07, 6.45) is 10.5. The van der Waals surface area contributed by atoms with Crippen molar-refractivity contribution in [1.82, 2.24) is 0 Å². The van der Waals surface area contributed by atoms with E-state index in [0.717, 1.165) is 51.4 Å². The van der Waals surface area contributed by atoms with Gasteiger partial charge in [0, 0.05) is 18.3 Å². The molecule has 28 heavy (non-hydrogen) atoms. The first kappa shape index (κ1) is 19.7. The van der Waals surface area contributed by atoms with Crippen molar-refractivity contribution in [1.29, 1.82) is 5.26 Å². The predicted octanol–water partition coefficient (Wildman–Crippen LogP) is 5.12. The Morgan fingerprint density at radius 3 is 2.64 bits per heavy atom. The largest absolute Gasteiger partial charge is 0.458 e. The number of allylic oxidation sites excluding steroid dienone is 2. The van der Waals surface area contributed by atoms with Gasteiger partial charge >= 0.3 is 5.97 Å². The molecule has 2 unspecified atom stereocenters. The Morgan fingerprint density at radius 1 is 1.21 bits per heavy atom. The zero-order valence-electron chi connectivity index (χ0n) is 17.6. The highest BCUT2D eigenvalue weighted by Crippen LogP contribution is 2.65. The maximum Gasteiger partial charge on any atom is 0.306 e. The fourth-order valence-electron chi connectivity index (χ4n) is 7.31. The summed E-state index contributed by atoms with van der Waals surface area (Å²) in [6, 6.07) is 2.60. The van der Waals surface area contributed by atoms with Crippen molar-refractivity contribution >= 4 is 11.8 Å². The van der Waals surface area contributed by atoms with Crippen molar-refractivity contribution in [2.75, 3.05) is 0 Å². The van der Waals surface area contributed by atoms with E-state index >= 15 is 0 Å². The summed E-state index contributed by atoms with van der Waals surface area (Å²) in [5.74, 6) is 0.843. The van der Waals surface area contributed by atoms with Crippen molar-refractivity contribution in [3.63, 3.8) is 0 Å². The zero-order chi connectivity index (χ0) is 20.2. The molecule has 3 fully saturated rings. The van der Waals surface area contributed by atoms with Crippen LogP contribution in [0.15, 0.2) is 11.6 Å². The third-order valence-corrected chi connectivity index (χ3v) is 8.89. The van der Waals surface area contributed by atoms with Crippen LogP contribution in [0.2, 0.25) is 0 Å². The molecule has 2 saturated carbocycles. The minimum atomic E-state index is -0.329. The van der Waals surface area contributed by atoms with Gasteiger partial charge in [0.15, 0.2) is 5.78 Å². The lowest BCUT2D eigenvalue weighted by atomic mass is 9.53. The molecular formula is C24H33NO3. The first-order valence-corrected chi connectivity index (χ1v) is 11.1. The first-order valence-electron chi connectivity index (χ1n) is 11.1. The smallest absolute Gasteiger partial charge is 0.306 e. The molecular weight excluding hydrogens is 350 g/mol. The van der Waals surface area contributed by atoms with Gasteiger partial charge in [-0.15, -0.1) is 0 Å². The van der Waals surface area contributed by atoms with E-state index < -0.39 is 0 Å². The van der Waals surface area contributed by atoms with Crippen LogP contribution < -0.4 is 0 Å². The molecule has 0 N–H and O–H groups in total. The van der Waals surface area contributed by atoms with Crippen LogP contribution in [0.3, 0.4) is 0 Å². The summed E-state index contributed by atoms with van der Waals surface area (Å²) in [5, 5.41) is 10.0. The molecule has 4 nitrogen and oxygen atoms in total. The Morgan fingerprint density at radius 2 is 2.00 bits per heavy atom. The van der Waals surface area contributed by atoms with Gasteiger partial charge in [0.1, 0.15) is 5.60 Å². The SMILES string of the molecule is CCC[C@@]1(C)C(C2C[C@@]3(C)CCC(=O)C=C3C[C@H]2C#N)CC[C@@]12CCC(=O)O2. The van der Waals surface area contributed by atoms with Crippen LogP contribution in [0.5, 0.6) is 0 Å². The van der Waals surface area contributed by atoms with Gasteiger partial charge in [0.05, 0.1) is 12.0 Å². The fraction of sp³-hybridized carbons (Fsp3) is 0.792. The van der Waals surface area contributed by atoms with Gasteiger partial charge in [0.25, 0.3) is 0 Å². The zero-order valence-corrected chi connectivity index (χ0v) is 17.6. The Bertz CT molecular complexity index is 764. The number of carbonyl (C=O) groups is 2. The van der Waals surface area contributed by atoms with Gasteiger partial charge in [-0.3, -0.25) is 9.59 Å². The van der Waals surface area contributed by atoms with Crippen molar-refractivity contribution in [3.8, 4) is 6.07 Å². The second kappa shape index (κ2) is 6.71. The average Bonchev–Trinajstić information content (AvgIpc) is 3.16. The van der Waals surface area contributed by atoms with Crippen LogP contribution in [0.25, 0.3) is 0 Å². The standard InChI is InChI=1S/C24H33NO3/c1-4-8-23(3)20(6-10-24(23)11-7-21(27)28-24)19-14-22(2)9-5-18(26)13-17(22)12-16(19)15-25/h13,16,19-20H,4-12,14H2,1-3H3/t16-,19?,20?,22+,23-,24+/m0/s1. The number of hydrogen-bond acceptors (Lipinski definition) is 4. The van der Waals surface area contributed by atoms with Gasteiger partial charge in [-0.05, 0) is 68.3 Å². The van der Waals surface area contributed by atoms with Gasteiger partial charge < -0.3 is 4.74 Å². The highest BCUT2D eigenvalue weighted by atomic mass is 16.6. The molecule has 4 aliphatic rings. The summed E-state index contributed by atoms with van der Waals surface area (Å²) in [6.45, 7) is 6.84. The normalized spacial score (nSPS) is 45.5. The molecule has 1 aliphatic heterocycles. The Labute approximate surface area is 168 Å². The quantitative estimate of drug-likeness (QED) is 0.634. The summed E-state index contributed by atoms with van der Waals surface area (Å²) in [4.78, 5) is 24.0. The van der Waals surface area contributed by atoms with Gasteiger partial charge in [-0.25, -0.2) is 0 Å². The molecule has 152 valence electrons. The second-order valence-corrected chi connectivity index (χ2v) is 10.3. The number of nitriles is 1. The number of ketones is 1. The molecule has 1 saturated heterocycles. The molecule has 0 aromatic heterocycles. The number of nitrogens with zero attached hydrogens (tertiary/aromatic N) is 1. The minimum Gasteiger partial charge on any atom is -0.458 e. The molecule has 0 aromatic rings. The van der Waals surface area contributed by atoms with Crippen molar-refractivity contribution in [2.24, 2.45) is 28.6 Å². The molecule has 1 heterocycles. The van der Waals surface area contributed by atoms with E-state index in [1.54, 1.807) is 0 Å². The predicted molar refractivity (Wildman–Crippen MR) is 106 cm³/mol. The second-order valence-electron chi connectivity index (χ2n) is 10.3. The Kier molecular flexibility index (Phi) is 4.72. The van der Waals surface area contributed by atoms with E-state index in [2.05, 4.69) is 26.8 Å². The van der Waals surface area contributed by atoms with E-state index in [4.69, 9.17) is 4.74 Å². The molecule has 6 atom stereocenters. The monoisotopic (exact) mass is 383 g/mol. The third-order valence-electron chi connectivity index (χ3n) is 8.89. The molecule has 1 spiro atoms. The van der Waals surface area contributed by atoms with Crippen molar-refractivity contribution in [2.45, 2.75) is 90.6 Å². The Hall–Kier alpha value is -1.63. The molecule has 4 heteroatoms. The van der Waals surface area contributed by atoms with Crippen molar-refractivity contribution < 1.29 is 14.3 Å². The highest BCUT2D eigenvalue weighted by molar-refractivity contribution is 5.91. The first-order chi connectivity index (χ1) is 13.3. The molecule has 4 rings (SSSR count). The van der Waals surface area contributed by atoms with Gasteiger partial charge in [-0.1, -0.05) is 32.8 Å². The summed E-state index contributed by atoms with van der Waals surface area (Å²) < 4.78 is 6.04. The van der Waals surface area contributed by atoms with Crippen LogP contribution in [0.4, 0.5) is 0 Å². The lowest BCUT2D eigenvalue weighted by molar-refractivity contribution is -0.161. The van der Waals surface area contributed by atoms with Gasteiger partial charge in [0.2, 0.25) is 0 Å². The molecule has 0 radical (unpaired) electrons.